The second-order valence-corrected chi connectivity index (χ2v) is 7.65. The first-order valence-electron chi connectivity index (χ1n) is 9.81. The Bertz CT molecular complexity index is 1030. The van der Waals surface area contributed by atoms with E-state index >= 15 is 0 Å². The fourth-order valence-electron chi connectivity index (χ4n) is 4.07. The number of carboxylic acids is 1. The van der Waals surface area contributed by atoms with E-state index in [4.69, 9.17) is 9.84 Å². The van der Waals surface area contributed by atoms with Crippen molar-refractivity contribution in [2.75, 3.05) is 20.1 Å². The predicted molar refractivity (Wildman–Crippen MR) is 110 cm³/mol. The van der Waals surface area contributed by atoms with Crippen LogP contribution in [0.15, 0.2) is 54.7 Å². The Morgan fingerprint density at radius 3 is 2.52 bits per heavy atom. The third kappa shape index (κ3) is 4.17. The van der Waals surface area contributed by atoms with Crippen LogP contribution in [0.3, 0.4) is 0 Å². The number of rotatable bonds is 4. The van der Waals surface area contributed by atoms with E-state index in [1.54, 1.807) is 12.1 Å². The number of carboxylic acid groups (broad SMARTS) is 1. The minimum Gasteiger partial charge on any atom is -0.473 e. The molecule has 1 aliphatic heterocycles. The summed E-state index contributed by atoms with van der Waals surface area (Å²) >= 11 is 0. The third-order valence-electron chi connectivity index (χ3n) is 5.62. The second kappa shape index (κ2) is 8.09. The number of nitrogens with zero attached hydrogens (tertiary/aromatic N) is 2. The molecule has 0 radical (unpaired) electrons. The van der Waals surface area contributed by atoms with E-state index in [1.165, 1.54) is 11.1 Å². The molecule has 6 nitrogen and oxygen atoms in total. The number of hydrogen-bond donors (Lipinski definition) is 1. The third-order valence-corrected chi connectivity index (χ3v) is 5.62. The van der Waals surface area contributed by atoms with Gasteiger partial charge in [0.2, 0.25) is 0 Å². The molecule has 0 saturated carbocycles. The van der Waals surface area contributed by atoms with E-state index in [0.717, 1.165) is 43.4 Å². The zero-order valence-corrected chi connectivity index (χ0v) is 16.4. The first-order chi connectivity index (χ1) is 14.0. The van der Waals surface area contributed by atoms with Crippen LogP contribution in [0, 0.1) is 0 Å². The number of hydrogen-bond acceptors (Lipinski definition) is 4. The number of esters is 1. The van der Waals surface area contributed by atoms with Crippen molar-refractivity contribution in [3.05, 3.63) is 65.9 Å². The molecule has 0 unspecified atom stereocenters. The first kappa shape index (κ1) is 19.2. The van der Waals surface area contributed by atoms with Gasteiger partial charge in [-0.25, -0.2) is 9.59 Å². The Balaban J connectivity index is 1.73. The Morgan fingerprint density at radius 1 is 1.10 bits per heavy atom. The summed E-state index contributed by atoms with van der Waals surface area (Å²) in [4.78, 5) is 24.7. The van der Waals surface area contributed by atoms with E-state index in [2.05, 4.69) is 34.8 Å². The monoisotopic (exact) mass is 392 g/mol. The number of ether oxygens (including phenoxy) is 1. The summed E-state index contributed by atoms with van der Waals surface area (Å²) in [5.41, 5.74) is 3.50. The van der Waals surface area contributed by atoms with Gasteiger partial charge in [0.1, 0.15) is 5.75 Å². The van der Waals surface area contributed by atoms with Gasteiger partial charge in [0, 0.05) is 23.6 Å². The van der Waals surface area contributed by atoms with Gasteiger partial charge in [-0.05, 0) is 68.2 Å². The van der Waals surface area contributed by atoms with Crippen molar-refractivity contribution in [3.8, 4) is 5.75 Å². The van der Waals surface area contributed by atoms with Crippen LogP contribution in [-0.4, -0.2) is 46.6 Å². The van der Waals surface area contributed by atoms with Crippen LogP contribution in [0.2, 0.25) is 0 Å². The fourth-order valence-corrected chi connectivity index (χ4v) is 4.07. The lowest BCUT2D eigenvalue weighted by Gasteiger charge is -2.28. The van der Waals surface area contributed by atoms with Crippen molar-refractivity contribution >= 4 is 22.8 Å². The minimum absolute atomic E-state index is 0.261. The minimum atomic E-state index is -1.60. The number of carbonyl (C=O) groups is 2. The molecule has 1 aliphatic rings. The van der Waals surface area contributed by atoms with Crippen molar-refractivity contribution in [2.45, 2.75) is 25.3 Å². The van der Waals surface area contributed by atoms with E-state index in [0.29, 0.717) is 5.92 Å². The molecule has 1 N–H and O–H groups in total. The molecule has 150 valence electrons. The van der Waals surface area contributed by atoms with Crippen LogP contribution in [0.25, 0.3) is 10.9 Å². The lowest BCUT2D eigenvalue weighted by atomic mass is 9.89. The van der Waals surface area contributed by atoms with Crippen LogP contribution in [-0.2, 0) is 16.1 Å². The van der Waals surface area contributed by atoms with E-state index in [-0.39, 0.29) is 5.75 Å². The molecule has 0 amide bonds. The highest BCUT2D eigenvalue weighted by Gasteiger charge is 2.23. The topological polar surface area (TPSA) is 71.8 Å². The number of aromatic nitrogens is 1. The summed E-state index contributed by atoms with van der Waals surface area (Å²) in [6, 6.07) is 15.6. The second-order valence-electron chi connectivity index (χ2n) is 7.65. The Kier molecular flexibility index (Phi) is 5.36. The van der Waals surface area contributed by atoms with Gasteiger partial charge in [0.15, 0.2) is 0 Å². The van der Waals surface area contributed by atoms with E-state index < -0.39 is 11.9 Å². The maximum Gasteiger partial charge on any atom is 0.422 e. The number of piperidine rings is 1. The van der Waals surface area contributed by atoms with Gasteiger partial charge in [-0.3, -0.25) is 0 Å². The van der Waals surface area contributed by atoms with Crippen LogP contribution < -0.4 is 4.74 Å². The van der Waals surface area contributed by atoms with Crippen LogP contribution in [0.1, 0.15) is 29.9 Å². The van der Waals surface area contributed by atoms with E-state index in [9.17, 15) is 9.59 Å². The highest BCUT2D eigenvalue weighted by molar-refractivity contribution is 6.29. The average Bonchev–Trinajstić information content (AvgIpc) is 3.07. The predicted octanol–water partition coefficient (Wildman–Crippen LogP) is 3.49. The van der Waals surface area contributed by atoms with Gasteiger partial charge in [-0.15, -0.1) is 0 Å². The lowest BCUT2D eigenvalue weighted by molar-refractivity contribution is -0.158. The molecule has 2 heterocycles. The highest BCUT2D eigenvalue weighted by Crippen LogP contribution is 2.36. The van der Waals surface area contributed by atoms with Gasteiger partial charge < -0.3 is 19.3 Å². The summed E-state index contributed by atoms with van der Waals surface area (Å²) in [5.74, 6) is -2.18. The molecule has 0 aliphatic carbocycles. The van der Waals surface area contributed by atoms with Crippen LogP contribution in [0.4, 0.5) is 0 Å². The molecule has 0 spiro atoms. The molecular formula is C23H24N2O4. The van der Waals surface area contributed by atoms with Crippen molar-refractivity contribution < 1.29 is 19.4 Å². The molecular weight excluding hydrogens is 368 g/mol. The Hall–Kier alpha value is -3.12. The van der Waals surface area contributed by atoms with Gasteiger partial charge in [-0.1, -0.05) is 30.3 Å². The summed E-state index contributed by atoms with van der Waals surface area (Å²) < 4.78 is 7.24. The van der Waals surface area contributed by atoms with Gasteiger partial charge >= 0.3 is 11.9 Å². The zero-order chi connectivity index (χ0) is 20.4. The number of aliphatic carboxylic acids is 1. The largest absolute Gasteiger partial charge is 0.473 e. The summed E-state index contributed by atoms with van der Waals surface area (Å²) in [7, 11) is 2.14. The molecule has 4 rings (SSSR count). The smallest absolute Gasteiger partial charge is 0.422 e. The normalized spacial score (nSPS) is 15.5. The molecule has 1 saturated heterocycles. The number of carbonyl (C=O) groups excluding carboxylic acids is 1. The van der Waals surface area contributed by atoms with Crippen LogP contribution >= 0.6 is 0 Å². The molecule has 29 heavy (non-hydrogen) atoms. The first-order valence-corrected chi connectivity index (χ1v) is 9.81. The number of likely N-dealkylation sites (tertiary alicyclic amines) is 1. The molecule has 6 heteroatoms. The maximum absolute atomic E-state index is 11.5. The quantitative estimate of drug-likeness (QED) is 0.418. The van der Waals surface area contributed by atoms with Gasteiger partial charge in [-0.2, -0.15) is 0 Å². The van der Waals surface area contributed by atoms with Gasteiger partial charge in [0.05, 0.1) is 0 Å². The van der Waals surface area contributed by atoms with Crippen molar-refractivity contribution in [1.29, 1.82) is 0 Å². The average molecular weight is 392 g/mol. The molecule has 0 atom stereocenters. The van der Waals surface area contributed by atoms with Crippen molar-refractivity contribution in [3.63, 3.8) is 0 Å². The standard InChI is InChI=1S/C23H24N2O4/c1-24-11-9-17(10-12-24)20-15-25(14-16-5-3-2-4-6-16)21-8-7-18(13-19(20)21)29-23(28)22(26)27/h2-8,13,15,17H,9-12,14H2,1H3,(H,26,27). The SMILES string of the molecule is CN1CCC(c2cn(Cc3ccccc3)c3ccc(OC(=O)C(=O)O)cc23)CC1. The molecule has 2 aromatic carbocycles. The Labute approximate surface area is 169 Å². The maximum atomic E-state index is 11.5. The Morgan fingerprint density at radius 2 is 1.83 bits per heavy atom. The molecule has 1 aromatic heterocycles. The van der Waals surface area contributed by atoms with Crippen molar-refractivity contribution in [2.24, 2.45) is 0 Å². The van der Waals surface area contributed by atoms with Gasteiger partial charge in [0.25, 0.3) is 0 Å². The van der Waals surface area contributed by atoms with E-state index in [1.807, 2.05) is 24.3 Å². The molecule has 3 aromatic rings. The number of fused-ring (bicyclic) bond motifs is 1. The zero-order valence-electron chi connectivity index (χ0n) is 16.4. The number of benzene rings is 2. The molecule has 0 bridgehead atoms. The fraction of sp³-hybridized carbons (Fsp3) is 0.304. The molecule has 1 fully saturated rings. The lowest BCUT2D eigenvalue weighted by Crippen LogP contribution is -2.29. The summed E-state index contributed by atoms with van der Waals surface area (Å²) in [6.45, 7) is 2.84. The van der Waals surface area contributed by atoms with Crippen molar-refractivity contribution in [1.82, 2.24) is 9.47 Å². The highest BCUT2D eigenvalue weighted by atomic mass is 16.6. The summed E-state index contributed by atoms with van der Waals surface area (Å²) in [5, 5.41) is 9.84. The van der Waals surface area contributed by atoms with Crippen LogP contribution in [0.5, 0.6) is 5.75 Å². The summed E-state index contributed by atoms with van der Waals surface area (Å²) in [6.07, 6.45) is 4.34.